The predicted octanol–water partition coefficient (Wildman–Crippen LogP) is 0.555. The zero-order chi connectivity index (χ0) is 9.84. The number of hydrogen-bond donors (Lipinski definition) is 1. The van der Waals surface area contributed by atoms with Crippen LogP contribution in [0.25, 0.3) is 0 Å². The van der Waals surface area contributed by atoms with Crippen molar-refractivity contribution in [1.82, 2.24) is 4.90 Å². The summed E-state index contributed by atoms with van der Waals surface area (Å²) in [5.74, 6) is 0.558. The van der Waals surface area contributed by atoms with Crippen molar-refractivity contribution < 1.29 is 0 Å². The SMILES string of the molecule is CC(C#N)CN(C)C(N)=NC1CC1. The zero-order valence-corrected chi connectivity index (χ0v) is 8.20. The van der Waals surface area contributed by atoms with Gasteiger partial charge in [-0.1, -0.05) is 0 Å². The monoisotopic (exact) mass is 180 g/mol. The lowest BCUT2D eigenvalue weighted by atomic mass is 10.2. The highest BCUT2D eigenvalue weighted by Crippen LogP contribution is 2.23. The third kappa shape index (κ3) is 3.32. The van der Waals surface area contributed by atoms with Crippen molar-refractivity contribution >= 4 is 5.96 Å². The van der Waals surface area contributed by atoms with E-state index in [4.69, 9.17) is 11.0 Å². The number of nitriles is 1. The van der Waals surface area contributed by atoms with Crippen molar-refractivity contribution in [2.45, 2.75) is 25.8 Å². The normalized spacial score (nSPS) is 19.3. The highest BCUT2D eigenvalue weighted by Gasteiger charge is 2.21. The van der Waals surface area contributed by atoms with Crippen molar-refractivity contribution in [1.29, 1.82) is 5.26 Å². The Balaban J connectivity index is 2.37. The van der Waals surface area contributed by atoms with Crippen LogP contribution in [0.3, 0.4) is 0 Å². The second kappa shape index (κ2) is 4.13. The molecule has 0 spiro atoms. The fraction of sp³-hybridized carbons (Fsp3) is 0.778. The van der Waals surface area contributed by atoms with Gasteiger partial charge >= 0.3 is 0 Å². The van der Waals surface area contributed by atoms with Gasteiger partial charge in [0.15, 0.2) is 5.96 Å². The number of guanidine groups is 1. The molecule has 0 bridgehead atoms. The second-order valence-corrected chi connectivity index (χ2v) is 3.63. The Kier molecular flexibility index (Phi) is 3.13. The van der Waals surface area contributed by atoms with Crippen LogP contribution in [-0.2, 0) is 0 Å². The van der Waals surface area contributed by atoms with E-state index in [2.05, 4.69) is 11.1 Å². The molecule has 72 valence electrons. The van der Waals surface area contributed by atoms with Crippen LogP contribution in [0.1, 0.15) is 19.8 Å². The molecule has 1 unspecified atom stereocenters. The molecule has 1 saturated carbocycles. The van der Waals surface area contributed by atoms with E-state index in [1.807, 2.05) is 18.9 Å². The first-order valence-electron chi connectivity index (χ1n) is 4.57. The van der Waals surface area contributed by atoms with Gasteiger partial charge in [0.05, 0.1) is 18.0 Å². The van der Waals surface area contributed by atoms with E-state index in [9.17, 15) is 0 Å². The molecule has 0 saturated heterocycles. The molecule has 0 aromatic carbocycles. The van der Waals surface area contributed by atoms with Gasteiger partial charge < -0.3 is 10.6 Å². The molecule has 1 atom stereocenters. The van der Waals surface area contributed by atoms with E-state index in [0.717, 1.165) is 12.8 Å². The molecule has 0 aromatic rings. The fourth-order valence-electron chi connectivity index (χ4n) is 1.03. The molecule has 1 rings (SSSR count). The Morgan fingerprint density at radius 1 is 1.77 bits per heavy atom. The number of rotatable bonds is 3. The first kappa shape index (κ1) is 9.85. The third-order valence-corrected chi connectivity index (χ3v) is 2.02. The van der Waals surface area contributed by atoms with Gasteiger partial charge in [0.2, 0.25) is 0 Å². The van der Waals surface area contributed by atoms with Crippen LogP contribution in [0.5, 0.6) is 0 Å². The Morgan fingerprint density at radius 3 is 2.85 bits per heavy atom. The minimum atomic E-state index is -0.00190. The molecule has 0 aromatic heterocycles. The summed E-state index contributed by atoms with van der Waals surface area (Å²) in [4.78, 5) is 6.13. The largest absolute Gasteiger partial charge is 0.370 e. The summed E-state index contributed by atoms with van der Waals surface area (Å²) in [6, 6.07) is 2.61. The summed E-state index contributed by atoms with van der Waals surface area (Å²) in [5, 5.41) is 8.60. The van der Waals surface area contributed by atoms with Crippen molar-refractivity contribution in [2.24, 2.45) is 16.6 Å². The van der Waals surface area contributed by atoms with Crippen molar-refractivity contribution in [2.75, 3.05) is 13.6 Å². The minimum Gasteiger partial charge on any atom is -0.370 e. The lowest BCUT2D eigenvalue weighted by Crippen LogP contribution is -2.37. The molecule has 1 aliphatic carbocycles. The van der Waals surface area contributed by atoms with Gasteiger partial charge in [-0.25, -0.2) is 4.99 Å². The molecule has 4 nitrogen and oxygen atoms in total. The van der Waals surface area contributed by atoms with E-state index in [1.165, 1.54) is 0 Å². The van der Waals surface area contributed by atoms with E-state index >= 15 is 0 Å². The number of nitrogens with zero attached hydrogens (tertiary/aromatic N) is 3. The topological polar surface area (TPSA) is 65.4 Å². The maximum Gasteiger partial charge on any atom is 0.191 e. The van der Waals surface area contributed by atoms with Gasteiger partial charge in [-0.3, -0.25) is 0 Å². The molecule has 13 heavy (non-hydrogen) atoms. The smallest absolute Gasteiger partial charge is 0.191 e. The Hall–Kier alpha value is -1.24. The number of nitrogens with two attached hydrogens (primary N) is 1. The van der Waals surface area contributed by atoms with Gasteiger partial charge in [-0.15, -0.1) is 0 Å². The molecule has 0 amide bonds. The highest BCUT2D eigenvalue weighted by molar-refractivity contribution is 5.78. The van der Waals surface area contributed by atoms with Crippen LogP contribution in [-0.4, -0.2) is 30.5 Å². The van der Waals surface area contributed by atoms with Crippen LogP contribution in [0.2, 0.25) is 0 Å². The average molecular weight is 180 g/mol. The van der Waals surface area contributed by atoms with Gasteiger partial charge in [-0.05, 0) is 19.8 Å². The third-order valence-electron chi connectivity index (χ3n) is 2.02. The lowest BCUT2D eigenvalue weighted by molar-refractivity contribution is 0.448. The molecular formula is C9H16N4. The number of aliphatic imine (C=N–C) groups is 1. The molecule has 0 radical (unpaired) electrons. The van der Waals surface area contributed by atoms with Gasteiger partial charge in [-0.2, -0.15) is 5.26 Å². The molecule has 1 fully saturated rings. The maximum absolute atomic E-state index is 8.60. The predicted molar refractivity (Wildman–Crippen MR) is 52.1 cm³/mol. The molecular weight excluding hydrogens is 164 g/mol. The van der Waals surface area contributed by atoms with E-state index in [1.54, 1.807) is 0 Å². The fourth-order valence-corrected chi connectivity index (χ4v) is 1.03. The first-order chi connectivity index (χ1) is 6.13. The summed E-state index contributed by atoms with van der Waals surface area (Å²) in [6.45, 7) is 2.53. The summed E-state index contributed by atoms with van der Waals surface area (Å²) in [5.41, 5.74) is 5.73. The van der Waals surface area contributed by atoms with Gasteiger partial charge in [0.25, 0.3) is 0 Å². The number of hydrogen-bond acceptors (Lipinski definition) is 2. The Labute approximate surface area is 79.0 Å². The maximum atomic E-state index is 8.60. The first-order valence-corrected chi connectivity index (χ1v) is 4.57. The van der Waals surface area contributed by atoms with E-state index < -0.39 is 0 Å². The van der Waals surface area contributed by atoms with E-state index in [0.29, 0.717) is 18.5 Å². The summed E-state index contributed by atoms with van der Waals surface area (Å²) in [7, 11) is 1.87. The van der Waals surface area contributed by atoms with Gasteiger partial charge in [0.1, 0.15) is 0 Å². The standard InChI is InChI=1S/C9H16N4/c1-7(5-10)6-13(2)9(11)12-8-3-4-8/h7-8H,3-4,6H2,1-2H3,(H2,11,12). The highest BCUT2D eigenvalue weighted by atomic mass is 15.2. The van der Waals surface area contributed by atoms with Crippen LogP contribution in [0.15, 0.2) is 4.99 Å². The molecule has 1 aliphatic rings. The zero-order valence-electron chi connectivity index (χ0n) is 8.20. The van der Waals surface area contributed by atoms with Crippen LogP contribution >= 0.6 is 0 Å². The summed E-state index contributed by atoms with van der Waals surface area (Å²) in [6.07, 6.45) is 2.31. The summed E-state index contributed by atoms with van der Waals surface area (Å²) >= 11 is 0. The summed E-state index contributed by atoms with van der Waals surface area (Å²) < 4.78 is 0. The van der Waals surface area contributed by atoms with Crippen LogP contribution in [0, 0.1) is 17.2 Å². The van der Waals surface area contributed by atoms with Crippen molar-refractivity contribution in [3.8, 4) is 6.07 Å². The van der Waals surface area contributed by atoms with E-state index in [-0.39, 0.29) is 5.92 Å². The lowest BCUT2D eigenvalue weighted by Gasteiger charge is -2.18. The van der Waals surface area contributed by atoms with Gasteiger partial charge in [0, 0.05) is 13.6 Å². The Morgan fingerprint density at radius 2 is 2.38 bits per heavy atom. The average Bonchev–Trinajstić information content (AvgIpc) is 2.87. The van der Waals surface area contributed by atoms with Crippen LogP contribution < -0.4 is 5.73 Å². The molecule has 4 heteroatoms. The minimum absolute atomic E-state index is 0.00190. The second-order valence-electron chi connectivity index (χ2n) is 3.63. The van der Waals surface area contributed by atoms with Crippen molar-refractivity contribution in [3.05, 3.63) is 0 Å². The molecule has 2 N–H and O–H groups in total. The molecule has 0 aliphatic heterocycles. The van der Waals surface area contributed by atoms with Crippen molar-refractivity contribution in [3.63, 3.8) is 0 Å². The Bertz CT molecular complexity index is 236. The molecule has 0 heterocycles. The quantitative estimate of drug-likeness (QED) is 0.509. The van der Waals surface area contributed by atoms with Crippen LogP contribution in [0.4, 0.5) is 0 Å².